The number of aliphatic carboxylic acids is 2. The van der Waals surface area contributed by atoms with E-state index < -0.39 is 62.6 Å². The number of carboxylic acids is 2. The van der Waals surface area contributed by atoms with Gasteiger partial charge in [-0.3, -0.25) is 14.5 Å². The average Bonchev–Trinajstić information content (AvgIpc) is 2.34. The van der Waals surface area contributed by atoms with E-state index in [2.05, 4.69) is 0 Å². The van der Waals surface area contributed by atoms with Crippen molar-refractivity contribution >= 4 is 11.9 Å². The first kappa shape index (κ1) is 18.7. The van der Waals surface area contributed by atoms with Gasteiger partial charge in [0.15, 0.2) is 0 Å². The number of aliphatic hydroxyl groups is 5. The van der Waals surface area contributed by atoms with Gasteiger partial charge >= 0.3 is 11.9 Å². The fraction of sp³-hybridized carbons (Fsp3) is 0.800. The number of aliphatic hydroxyl groups excluding tert-OH is 5. The van der Waals surface area contributed by atoms with Gasteiger partial charge < -0.3 is 35.7 Å². The zero-order valence-corrected chi connectivity index (χ0v) is 10.5. The Kier molecular flexibility index (Phi) is 8.22. The molecule has 0 aliphatic heterocycles. The second-order valence-electron chi connectivity index (χ2n) is 4.26. The van der Waals surface area contributed by atoms with Gasteiger partial charge in [0.2, 0.25) is 0 Å². The average molecular weight is 297 g/mol. The normalized spacial score (nSPS) is 17.5. The Morgan fingerprint density at radius 1 is 0.850 bits per heavy atom. The quantitative estimate of drug-likeness (QED) is 0.209. The largest absolute Gasteiger partial charge is 0.480 e. The summed E-state index contributed by atoms with van der Waals surface area (Å²) in [5, 5.41) is 63.3. The molecule has 0 radical (unpaired) electrons. The fourth-order valence-electron chi connectivity index (χ4n) is 1.50. The number of nitrogens with zero attached hydrogens (tertiary/aromatic N) is 1. The molecule has 7 N–H and O–H groups in total. The van der Waals surface area contributed by atoms with Gasteiger partial charge in [0.25, 0.3) is 0 Å². The predicted molar refractivity (Wildman–Crippen MR) is 62.8 cm³/mol. The third-order valence-electron chi connectivity index (χ3n) is 2.49. The molecule has 0 unspecified atom stereocenters. The lowest BCUT2D eigenvalue weighted by Gasteiger charge is -2.28. The van der Waals surface area contributed by atoms with E-state index in [0.29, 0.717) is 0 Å². The van der Waals surface area contributed by atoms with E-state index in [4.69, 9.17) is 20.4 Å². The second kappa shape index (κ2) is 8.79. The smallest absolute Gasteiger partial charge is 0.317 e. The molecule has 20 heavy (non-hydrogen) atoms. The van der Waals surface area contributed by atoms with Crippen LogP contribution in [0.15, 0.2) is 0 Å². The molecule has 0 fully saturated rings. The first-order chi connectivity index (χ1) is 9.18. The molecule has 0 aromatic carbocycles. The number of hydrogen-bond donors (Lipinski definition) is 7. The van der Waals surface area contributed by atoms with E-state index in [0.717, 1.165) is 4.90 Å². The van der Waals surface area contributed by atoms with E-state index >= 15 is 0 Å². The molecule has 0 saturated heterocycles. The SMILES string of the molecule is O=C(O)CN(CC(=O)O)C[C@H](O)[C@H](O)[C@H](O)[C@H](O)CO. The molecular formula is C10H19NO9. The first-order valence-corrected chi connectivity index (χ1v) is 5.68. The zero-order chi connectivity index (χ0) is 15.9. The molecule has 0 saturated carbocycles. The van der Waals surface area contributed by atoms with E-state index in [1.54, 1.807) is 0 Å². The minimum Gasteiger partial charge on any atom is -0.480 e. The highest BCUT2D eigenvalue weighted by Gasteiger charge is 2.31. The minimum atomic E-state index is -1.87. The molecule has 0 spiro atoms. The Balaban J connectivity index is 4.60. The molecule has 0 aromatic rings. The van der Waals surface area contributed by atoms with Crippen molar-refractivity contribution in [1.29, 1.82) is 0 Å². The minimum absolute atomic E-state index is 0.547. The maximum Gasteiger partial charge on any atom is 0.317 e. The molecule has 0 amide bonds. The Bertz CT molecular complexity index is 308. The van der Waals surface area contributed by atoms with Gasteiger partial charge in [-0.15, -0.1) is 0 Å². The molecule has 0 bridgehead atoms. The Morgan fingerprint density at radius 2 is 1.25 bits per heavy atom. The summed E-state index contributed by atoms with van der Waals surface area (Å²) in [5.41, 5.74) is 0. The van der Waals surface area contributed by atoms with Crippen molar-refractivity contribution in [3.05, 3.63) is 0 Å². The second-order valence-corrected chi connectivity index (χ2v) is 4.26. The molecule has 4 atom stereocenters. The summed E-state index contributed by atoms with van der Waals surface area (Å²) in [6, 6.07) is 0. The highest BCUT2D eigenvalue weighted by atomic mass is 16.4. The van der Waals surface area contributed by atoms with Gasteiger partial charge in [-0.2, -0.15) is 0 Å². The van der Waals surface area contributed by atoms with Gasteiger partial charge in [-0.25, -0.2) is 0 Å². The molecule has 10 nitrogen and oxygen atoms in total. The highest BCUT2D eigenvalue weighted by molar-refractivity contribution is 5.72. The van der Waals surface area contributed by atoms with Crippen molar-refractivity contribution in [3.8, 4) is 0 Å². The van der Waals surface area contributed by atoms with Crippen LogP contribution in [0.3, 0.4) is 0 Å². The summed E-state index contributed by atoms with van der Waals surface area (Å²) in [6.45, 7) is -2.77. The van der Waals surface area contributed by atoms with Crippen molar-refractivity contribution in [1.82, 2.24) is 4.90 Å². The molecule has 10 heteroatoms. The van der Waals surface area contributed by atoms with Crippen molar-refractivity contribution in [2.75, 3.05) is 26.2 Å². The lowest BCUT2D eigenvalue weighted by Crippen LogP contribution is -2.51. The molecular weight excluding hydrogens is 278 g/mol. The molecule has 118 valence electrons. The van der Waals surface area contributed by atoms with Crippen LogP contribution in [0.2, 0.25) is 0 Å². The number of carbonyl (C=O) groups is 2. The lowest BCUT2D eigenvalue weighted by atomic mass is 10.0. The van der Waals surface area contributed by atoms with Gasteiger partial charge in [0.1, 0.15) is 18.3 Å². The monoisotopic (exact) mass is 297 g/mol. The predicted octanol–water partition coefficient (Wildman–Crippen LogP) is -4.11. The van der Waals surface area contributed by atoms with Crippen LogP contribution in [0.1, 0.15) is 0 Å². The van der Waals surface area contributed by atoms with Crippen LogP contribution in [-0.4, -0.2) is 103 Å². The summed E-state index contributed by atoms with van der Waals surface area (Å²) in [7, 11) is 0. The number of carboxylic acid groups (broad SMARTS) is 2. The Hall–Kier alpha value is -1.30. The zero-order valence-electron chi connectivity index (χ0n) is 10.5. The van der Waals surface area contributed by atoms with Crippen LogP contribution < -0.4 is 0 Å². The number of rotatable bonds is 10. The third kappa shape index (κ3) is 6.75. The summed E-state index contributed by atoms with van der Waals surface area (Å²) >= 11 is 0. The Morgan fingerprint density at radius 3 is 1.60 bits per heavy atom. The third-order valence-corrected chi connectivity index (χ3v) is 2.49. The van der Waals surface area contributed by atoms with Crippen LogP contribution in [0, 0.1) is 0 Å². The fourth-order valence-corrected chi connectivity index (χ4v) is 1.50. The molecule has 0 aliphatic rings. The van der Waals surface area contributed by atoms with Crippen molar-refractivity contribution in [2.24, 2.45) is 0 Å². The van der Waals surface area contributed by atoms with Crippen molar-refractivity contribution in [2.45, 2.75) is 24.4 Å². The topological polar surface area (TPSA) is 179 Å². The van der Waals surface area contributed by atoms with Crippen LogP contribution in [0.5, 0.6) is 0 Å². The van der Waals surface area contributed by atoms with Gasteiger partial charge in [0, 0.05) is 6.54 Å². The first-order valence-electron chi connectivity index (χ1n) is 5.68. The van der Waals surface area contributed by atoms with E-state index in [9.17, 15) is 24.9 Å². The summed E-state index contributed by atoms with van der Waals surface area (Å²) in [5.74, 6) is -2.66. The standard InChI is InChI=1S/C10H19NO9/c12-4-6(14)10(20)9(19)5(13)1-11(2-7(15)16)3-8(17)18/h5-6,9-10,12-14,19-20H,1-4H2,(H,15,16)(H,17,18)/t5-,6+,9-,10+/m0/s1. The van der Waals surface area contributed by atoms with Crippen molar-refractivity contribution < 1.29 is 45.3 Å². The number of hydrogen-bond acceptors (Lipinski definition) is 8. The van der Waals surface area contributed by atoms with Crippen LogP contribution >= 0.6 is 0 Å². The lowest BCUT2D eigenvalue weighted by molar-refractivity contribution is -0.145. The summed E-state index contributed by atoms with van der Waals surface area (Å²) < 4.78 is 0. The summed E-state index contributed by atoms with van der Waals surface area (Å²) in [4.78, 5) is 21.9. The molecule has 0 aromatic heterocycles. The van der Waals surface area contributed by atoms with Crippen molar-refractivity contribution in [3.63, 3.8) is 0 Å². The highest BCUT2D eigenvalue weighted by Crippen LogP contribution is 2.07. The summed E-state index contributed by atoms with van der Waals surface area (Å²) in [6.07, 6.45) is -7.12. The van der Waals surface area contributed by atoms with Crippen LogP contribution in [0.4, 0.5) is 0 Å². The van der Waals surface area contributed by atoms with Gasteiger partial charge in [-0.05, 0) is 0 Å². The van der Waals surface area contributed by atoms with Crippen LogP contribution in [-0.2, 0) is 9.59 Å². The van der Waals surface area contributed by atoms with E-state index in [1.807, 2.05) is 0 Å². The Labute approximate surface area is 114 Å². The molecule has 0 aliphatic carbocycles. The van der Waals surface area contributed by atoms with Gasteiger partial charge in [0.05, 0.1) is 25.8 Å². The van der Waals surface area contributed by atoms with E-state index in [1.165, 1.54) is 0 Å². The van der Waals surface area contributed by atoms with Gasteiger partial charge in [-0.1, -0.05) is 0 Å². The maximum absolute atomic E-state index is 10.5. The molecule has 0 rings (SSSR count). The molecule has 0 heterocycles. The maximum atomic E-state index is 10.5. The van der Waals surface area contributed by atoms with E-state index in [-0.39, 0.29) is 0 Å². The van der Waals surface area contributed by atoms with Crippen LogP contribution in [0.25, 0.3) is 0 Å².